The van der Waals surface area contributed by atoms with Crippen molar-refractivity contribution >= 4 is 34.6 Å². The van der Waals surface area contributed by atoms with E-state index in [2.05, 4.69) is 29.4 Å². The summed E-state index contributed by atoms with van der Waals surface area (Å²) in [5.41, 5.74) is 3.49. The Bertz CT molecular complexity index is 996. The van der Waals surface area contributed by atoms with Crippen molar-refractivity contribution in [2.24, 2.45) is 0 Å². The number of halogens is 1. The predicted molar refractivity (Wildman–Crippen MR) is 134 cm³/mol. The van der Waals surface area contributed by atoms with Gasteiger partial charge in [0.2, 0.25) is 0 Å². The highest BCUT2D eigenvalue weighted by molar-refractivity contribution is 6.02. The number of amides is 2. The van der Waals surface area contributed by atoms with E-state index in [4.69, 9.17) is 5.11 Å². The molecule has 3 N–H and O–H groups in total. The summed E-state index contributed by atoms with van der Waals surface area (Å²) in [7, 11) is 0. The maximum absolute atomic E-state index is 14.2. The minimum atomic E-state index is -1.04. The highest BCUT2D eigenvalue weighted by Crippen LogP contribution is 2.31. The smallest absolute Gasteiger partial charge is 0.328 e. The third-order valence-corrected chi connectivity index (χ3v) is 5.32. The van der Waals surface area contributed by atoms with Crippen LogP contribution in [0.3, 0.4) is 0 Å². The Hall–Kier alpha value is -3.35. The van der Waals surface area contributed by atoms with Gasteiger partial charge in [-0.05, 0) is 67.7 Å². The zero-order valence-corrected chi connectivity index (χ0v) is 19.9. The highest BCUT2D eigenvalue weighted by Gasteiger charge is 2.16. The van der Waals surface area contributed by atoms with Gasteiger partial charge < -0.3 is 20.6 Å². The lowest BCUT2D eigenvalue weighted by molar-refractivity contribution is -0.131. The Morgan fingerprint density at radius 3 is 2.21 bits per heavy atom. The number of carboxylic acid groups (broad SMARTS) is 1. The van der Waals surface area contributed by atoms with Gasteiger partial charge in [0.25, 0.3) is 0 Å². The molecule has 0 bridgehead atoms. The van der Waals surface area contributed by atoms with E-state index in [9.17, 15) is 14.0 Å². The molecule has 0 atom stereocenters. The molecule has 178 valence electrons. The molecule has 0 saturated heterocycles. The Balaban J connectivity index is 2.40. The normalized spacial score (nSPS) is 11.2. The van der Waals surface area contributed by atoms with E-state index in [0.717, 1.165) is 56.1 Å². The van der Waals surface area contributed by atoms with Crippen LogP contribution in [0.15, 0.2) is 42.5 Å². The van der Waals surface area contributed by atoms with Gasteiger partial charge in [0.05, 0.1) is 17.1 Å². The minimum Gasteiger partial charge on any atom is -0.478 e. The molecular formula is C26H34FN3O3. The lowest BCUT2D eigenvalue weighted by Gasteiger charge is -2.28. The van der Waals surface area contributed by atoms with E-state index in [1.54, 1.807) is 26.0 Å². The van der Waals surface area contributed by atoms with Gasteiger partial charge >= 0.3 is 12.0 Å². The number of urea groups is 1. The molecule has 0 radical (unpaired) electrons. The summed E-state index contributed by atoms with van der Waals surface area (Å²) in [5, 5.41) is 14.5. The molecule has 6 nitrogen and oxygen atoms in total. The number of unbranched alkanes of at least 4 members (excludes halogenated alkanes) is 2. The molecule has 2 rings (SSSR count). The van der Waals surface area contributed by atoms with Gasteiger partial charge in [-0.1, -0.05) is 38.8 Å². The van der Waals surface area contributed by atoms with Crippen LogP contribution in [0.1, 0.15) is 57.6 Å². The number of rotatable bonds is 11. The number of allylic oxidation sites excluding steroid dienone is 1. The zero-order chi connectivity index (χ0) is 24.4. The molecule has 2 aromatic carbocycles. The number of hydrogen-bond acceptors (Lipinski definition) is 3. The summed E-state index contributed by atoms with van der Waals surface area (Å²) < 4.78 is 14.2. The third kappa shape index (κ3) is 7.93. The van der Waals surface area contributed by atoms with Crippen LogP contribution in [0.5, 0.6) is 0 Å². The number of hydrogen-bond donors (Lipinski definition) is 3. The fourth-order valence-electron chi connectivity index (χ4n) is 3.47. The number of aryl methyl sites for hydroxylation is 1. The minimum absolute atomic E-state index is 0.0894. The molecule has 0 aromatic heterocycles. The molecule has 0 fully saturated rings. The zero-order valence-electron chi connectivity index (χ0n) is 19.9. The molecule has 2 aromatic rings. The van der Waals surface area contributed by atoms with Crippen molar-refractivity contribution in [2.75, 3.05) is 28.6 Å². The summed E-state index contributed by atoms with van der Waals surface area (Å²) in [4.78, 5) is 26.1. The highest BCUT2D eigenvalue weighted by atomic mass is 19.1. The van der Waals surface area contributed by atoms with Crippen molar-refractivity contribution in [3.63, 3.8) is 0 Å². The average Bonchev–Trinajstić information content (AvgIpc) is 2.75. The van der Waals surface area contributed by atoms with Gasteiger partial charge in [-0.15, -0.1) is 0 Å². The Labute approximate surface area is 195 Å². The van der Waals surface area contributed by atoms with Crippen LogP contribution in [0.2, 0.25) is 0 Å². The van der Waals surface area contributed by atoms with Crippen molar-refractivity contribution in [3.8, 4) is 0 Å². The Kier molecular flexibility index (Phi) is 9.91. The van der Waals surface area contributed by atoms with Crippen LogP contribution in [-0.2, 0) is 4.79 Å². The van der Waals surface area contributed by atoms with Crippen LogP contribution >= 0.6 is 0 Å². The Morgan fingerprint density at radius 1 is 1.00 bits per heavy atom. The lowest BCUT2D eigenvalue weighted by atomic mass is 10.0. The van der Waals surface area contributed by atoms with Gasteiger partial charge in [-0.2, -0.15) is 0 Å². The van der Waals surface area contributed by atoms with Gasteiger partial charge in [-0.25, -0.2) is 14.0 Å². The molecule has 0 aliphatic heterocycles. The summed E-state index contributed by atoms with van der Waals surface area (Å²) in [6.07, 6.45) is 5.22. The number of carboxylic acids is 1. The van der Waals surface area contributed by atoms with Gasteiger partial charge in [-0.3, -0.25) is 0 Å². The lowest BCUT2D eigenvalue weighted by Crippen LogP contribution is -2.28. The molecule has 0 saturated carbocycles. The molecule has 0 aliphatic carbocycles. The maximum atomic E-state index is 14.2. The quantitative estimate of drug-likeness (QED) is 0.330. The first-order chi connectivity index (χ1) is 15.7. The van der Waals surface area contributed by atoms with Crippen LogP contribution in [0.4, 0.5) is 26.2 Å². The molecule has 0 heterocycles. The second-order valence-electron chi connectivity index (χ2n) is 8.15. The largest absolute Gasteiger partial charge is 0.478 e. The van der Waals surface area contributed by atoms with Crippen molar-refractivity contribution in [1.29, 1.82) is 0 Å². The Morgan fingerprint density at radius 2 is 1.64 bits per heavy atom. The summed E-state index contributed by atoms with van der Waals surface area (Å²) in [5.74, 6) is -1.54. The van der Waals surface area contributed by atoms with Gasteiger partial charge in [0.15, 0.2) is 0 Å². The topological polar surface area (TPSA) is 81.7 Å². The van der Waals surface area contributed by atoms with Gasteiger partial charge in [0, 0.05) is 19.2 Å². The third-order valence-electron chi connectivity index (χ3n) is 5.32. The number of nitrogens with zero attached hydrogens (tertiary/aromatic N) is 1. The van der Waals surface area contributed by atoms with Crippen molar-refractivity contribution in [1.82, 2.24) is 0 Å². The first-order valence-corrected chi connectivity index (χ1v) is 11.4. The predicted octanol–water partition coefficient (Wildman–Crippen LogP) is 6.67. The van der Waals surface area contributed by atoms with E-state index < -0.39 is 17.8 Å². The van der Waals surface area contributed by atoms with Crippen LogP contribution < -0.4 is 15.5 Å². The number of benzene rings is 2. The molecular weight excluding hydrogens is 421 g/mol. The summed E-state index contributed by atoms with van der Waals surface area (Å²) in [6.45, 7) is 9.42. The molecule has 2 amide bonds. The maximum Gasteiger partial charge on any atom is 0.328 e. The molecule has 7 heteroatoms. The van der Waals surface area contributed by atoms with Crippen molar-refractivity contribution in [3.05, 3.63) is 59.4 Å². The molecule has 33 heavy (non-hydrogen) atoms. The number of carbonyl (C=O) groups is 2. The molecule has 0 unspecified atom stereocenters. The van der Waals surface area contributed by atoms with Crippen molar-refractivity contribution in [2.45, 2.75) is 53.4 Å². The van der Waals surface area contributed by atoms with Crippen LogP contribution in [0, 0.1) is 12.7 Å². The van der Waals surface area contributed by atoms with Crippen molar-refractivity contribution < 1.29 is 19.1 Å². The average molecular weight is 456 g/mol. The van der Waals surface area contributed by atoms with E-state index in [-0.39, 0.29) is 5.69 Å². The first kappa shape index (κ1) is 25.9. The summed E-state index contributed by atoms with van der Waals surface area (Å²) >= 11 is 0. The first-order valence-electron chi connectivity index (χ1n) is 11.4. The number of nitrogens with one attached hydrogen (secondary N) is 2. The summed E-state index contributed by atoms with van der Waals surface area (Å²) in [6, 6.07) is 9.57. The van der Waals surface area contributed by atoms with Crippen LogP contribution in [-0.4, -0.2) is 30.2 Å². The molecule has 0 spiro atoms. The second kappa shape index (κ2) is 12.6. The standard InChI is InChI=1S/C26H34FN3O3/c1-5-7-13-30(14-8-6-2)24-12-10-20(19(4)16-25(31)32)17-23(24)29-26(33)28-22-11-9-18(3)15-21(22)27/h9-12,15-17H,5-8,13-14H2,1-4H3,(H,31,32)(H2,28,29,33)/b19-16-. The number of carbonyl (C=O) groups excluding carboxylic acids is 1. The number of anilines is 3. The monoisotopic (exact) mass is 455 g/mol. The fraction of sp³-hybridized carbons (Fsp3) is 0.385. The second-order valence-corrected chi connectivity index (χ2v) is 8.15. The van der Waals surface area contributed by atoms with Gasteiger partial charge in [0.1, 0.15) is 5.82 Å². The fourth-order valence-corrected chi connectivity index (χ4v) is 3.47. The van der Waals surface area contributed by atoms with E-state index in [0.29, 0.717) is 16.8 Å². The van der Waals surface area contributed by atoms with E-state index >= 15 is 0 Å². The van der Waals surface area contributed by atoms with E-state index in [1.165, 1.54) is 12.1 Å². The molecule has 0 aliphatic rings. The SMILES string of the molecule is CCCCN(CCCC)c1ccc(/C(C)=C\C(=O)O)cc1NC(=O)Nc1ccc(C)cc1F. The van der Waals surface area contributed by atoms with E-state index in [1.807, 2.05) is 12.1 Å². The van der Waals surface area contributed by atoms with Crippen LogP contribution in [0.25, 0.3) is 5.57 Å². The number of aliphatic carboxylic acids is 1.